The van der Waals surface area contributed by atoms with Crippen molar-refractivity contribution in [1.29, 1.82) is 0 Å². The Morgan fingerprint density at radius 2 is 1.75 bits per heavy atom. The molecule has 0 aliphatic rings. The average Bonchev–Trinajstić information content (AvgIpc) is 2.16. The molecule has 16 heavy (non-hydrogen) atoms. The van der Waals surface area contributed by atoms with Gasteiger partial charge in [-0.15, -0.1) is 0 Å². The molecule has 90 valence electrons. The minimum Gasteiger partial charge on any atom is -0.312 e. The SMILES string of the molecule is CC(C)c1cnc(CCNC(C)(C)C)nc1. The van der Waals surface area contributed by atoms with Crippen LogP contribution >= 0.6 is 0 Å². The highest BCUT2D eigenvalue weighted by Crippen LogP contribution is 2.10. The Morgan fingerprint density at radius 1 is 1.19 bits per heavy atom. The van der Waals surface area contributed by atoms with E-state index in [1.165, 1.54) is 5.56 Å². The molecule has 0 atom stereocenters. The van der Waals surface area contributed by atoms with E-state index in [-0.39, 0.29) is 5.54 Å². The first-order valence-corrected chi connectivity index (χ1v) is 5.94. The molecule has 1 aromatic heterocycles. The van der Waals surface area contributed by atoms with Crippen molar-refractivity contribution in [3.63, 3.8) is 0 Å². The molecule has 0 radical (unpaired) electrons. The predicted molar refractivity (Wildman–Crippen MR) is 67.6 cm³/mol. The molecular formula is C13H23N3. The van der Waals surface area contributed by atoms with E-state index in [9.17, 15) is 0 Å². The summed E-state index contributed by atoms with van der Waals surface area (Å²) < 4.78 is 0. The largest absolute Gasteiger partial charge is 0.312 e. The molecule has 3 heteroatoms. The van der Waals surface area contributed by atoms with Gasteiger partial charge in [0.1, 0.15) is 5.82 Å². The van der Waals surface area contributed by atoms with Gasteiger partial charge < -0.3 is 5.32 Å². The zero-order valence-electron chi connectivity index (χ0n) is 11.0. The second-order valence-electron chi connectivity index (χ2n) is 5.51. The van der Waals surface area contributed by atoms with E-state index >= 15 is 0 Å². The van der Waals surface area contributed by atoms with Crippen LogP contribution in [0.5, 0.6) is 0 Å². The fraction of sp³-hybridized carbons (Fsp3) is 0.692. The van der Waals surface area contributed by atoms with Crippen molar-refractivity contribution in [2.75, 3.05) is 6.54 Å². The molecular weight excluding hydrogens is 198 g/mol. The molecule has 0 aliphatic heterocycles. The van der Waals surface area contributed by atoms with Crippen molar-refractivity contribution in [1.82, 2.24) is 15.3 Å². The summed E-state index contributed by atoms with van der Waals surface area (Å²) in [6.45, 7) is 11.7. The normalized spacial score (nSPS) is 12.1. The highest BCUT2D eigenvalue weighted by Gasteiger charge is 2.08. The second kappa shape index (κ2) is 5.39. The second-order valence-corrected chi connectivity index (χ2v) is 5.51. The van der Waals surface area contributed by atoms with E-state index < -0.39 is 0 Å². The van der Waals surface area contributed by atoms with Crippen LogP contribution in [0.2, 0.25) is 0 Å². The highest BCUT2D eigenvalue weighted by atomic mass is 15.0. The molecule has 1 N–H and O–H groups in total. The van der Waals surface area contributed by atoms with Crippen molar-refractivity contribution in [3.8, 4) is 0 Å². The first-order chi connectivity index (χ1) is 7.38. The van der Waals surface area contributed by atoms with Gasteiger partial charge in [0.15, 0.2) is 0 Å². The fourth-order valence-electron chi connectivity index (χ4n) is 1.34. The van der Waals surface area contributed by atoms with Crippen molar-refractivity contribution in [2.24, 2.45) is 0 Å². The number of rotatable bonds is 4. The number of nitrogens with one attached hydrogen (secondary N) is 1. The zero-order chi connectivity index (χ0) is 12.2. The number of hydrogen-bond acceptors (Lipinski definition) is 3. The summed E-state index contributed by atoms with van der Waals surface area (Å²) in [4.78, 5) is 8.74. The summed E-state index contributed by atoms with van der Waals surface area (Å²) in [6, 6.07) is 0. The maximum absolute atomic E-state index is 4.37. The van der Waals surface area contributed by atoms with Gasteiger partial charge in [0.05, 0.1) is 0 Å². The van der Waals surface area contributed by atoms with Crippen LogP contribution in [0.25, 0.3) is 0 Å². The number of hydrogen-bond donors (Lipinski definition) is 1. The van der Waals surface area contributed by atoms with E-state index in [4.69, 9.17) is 0 Å². The average molecular weight is 221 g/mol. The smallest absolute Gasteiger partial charge is 0.129 e. The lowest BCUT2D eigenvalue weighted by Gasteiger charge is -2.20. The molecule has 0 spiro atoms. The van der Waals surface area contributed by atoms with Gasteiger partial charge in [-0.25, -0.2) is 9.97 Å². The van der Waals surface area contributed by atoms with Gasteiger partial charge in [-0.3, -0.25) is 0 Å². The van der Waals surface area contributed by atoms with Crippen LogP contribution in [0.1, 0.15) is 51.9 Å². The molecule has 0 aromatic carbocycles. The van der Waals surface area contributed by atoms with E-state index in [0.717, 1.165) is 18.8 Å². The Bertz CT molecular complexity index is 309. The molecule has 0 unspecified atom stereocenters. The molecule has 1 heterocycles. The topological polar surface area (TPSA) is 37.8 Å². The Morgan fingerprint density at radius 3 is 2.19 bits per heavy atom. The Balaban J connectivity index is 2.44. The molecule has 1 aromatic rings. The minimum atomic E-state index is 0.165. The Labute approximate surface area is 98.7 Å². The van der Waals surface area contributed by atoms with Crippen molar-refractivity contribution in [3.05, 3.63) is 23.8 Å². The third kappa shape index (κ3) is 4.71. The van der Waals surface area contributed by atoms with E-state index in [1.807, 2.05) is 12.4 Å². The molecule has 0 saturated heterocycles. The number of aromatic nitrogens is 2. The first kappa shape index (κ1) is 13.1. The first-order valence-electron chi connectivity index (χ1n) is 5.94. The Hall–Kier alpha value is -0.960. The van der Waals surface area contributed by atoms with Gasteiger partial charge >= 0.3 is 0 Å². The van der Waals surface area contributed by atoms with Crippen LogP contribution in [-0.2, 0) is 6.42 Å². The summed E-state index contributed by atoms with van der Waals surface area (Å²) in [6.07, 6.45) is 4.75. The van der Waals surface area contributed by atoms with Crippen LogP contribution < -0.4 is 5.32 Å². The quantitative estimate of drug-likeness (QED) is 0.849. The molecule has 3 nitrogen and oxygen atoms in total. The van der Waals surface area contributed by atoms with Gasteiger partial charge in [-0.1, -0.05) is 13.8 Å². The maximum Gasteiger partial charge on any atom is 0.129 e. The molecule has 0 fully saturated rings. The van der Waals surface area contributed by atoms with Gasteiger partial charge in [-0.05, 0) is 32.3 Å². The van der Waals surface area contributed by atoms with Crippen LogP contribution in [0.15, 0.2) is 12.4 Å². The lowest BCUT2D eigenvalue weighted by atomic mass is 10.1. The van der Waals surface area contributed by atoms with Crippen LogP contribution in [0.3, 0.4) is 0 Å². The lowest BCUT2D eigenvalue weighted by molar-refractivity contribution is 0.427. The molecule has 1 rings (SSSR count). The number of nitrogens with zero attached hydrogens (tertiary/aromatic N) is 2. The monoisotopic (exact) mass is 221 g/mol. The zero-order valence-corrected chi connectivity index (χ0v) is 11.0. The van der Waals surface area contributed by atoms with Crippen LogP contribution in [-0.4, -0.2) is 22.1 Å². The summed E-state index contributed by atoms with van der Waals surface area (Å²) >= 11 is 0. The maximum atomic E-state index is 4.37. The summed E-state index contributed by atoms with van der Waals surface area (Å²) in [5, 5.41) is 3.43. The predicted octanol–water partition coefficient (Wildman–Crippen LogP) is 2.53. The molecule has 0 bridgehead atoms. The summed E-state index contributed by atoms with van der Waals surface area (Å²) in [7, 11) is 0. The lowest BCUT2D eigenvalue weighted by Crippen LogP contribution is -2.37. The van der Waals surface area contributed by atoms with Gasteiger partial charge in [0.25, 0.3) is 0 Å². The third-order valence-electron chi connectivity index (χ3n) is 2.40. The van der Waals surface area contributed by atoms with Gasteiger partial charge in [0.2, 0.25) is 0 Å². The summed E-state index contributed by atoms with van der Waals surface area (Å²) in [5.41, 5.74) is 1.37. The third-order valence-corrected chi connectivity index (χ3v) is 2.40. The molecule has 0 aliphatic carbocycles. The summed E-state index contributed by atoms with van der Waals surface area (Å²) in [5.74, 6) is 1.42. The van der Waals surface area contributed by atoms with Crippen molar-refractivity contribution < 1.29 is 0 Å². The Kier molecular flexibility index (Phi) is 4.42. The van der Waals surface area contributed by atoms with E-state index in [2.05, 4.69) is 49.9 Å². The van der Waals surface area contributed by atoms with E-state index in [0.29, 0.717) is 5.92 Å². The van der Waals surface area contributed by atoms with Crippen molar-refractivity contribution in [2.45, 2.75) is 52.5 Å². The van der Waals surface area contributed by atoms with Crippen LogP contribution in [0, 0.1) is 0 Å². The van der Waals surface area contributed by atoms with Crippen LogP contribution in [0.4, 0.5) is 0 Å². The standard InChI is InChI=1S/C13H23N3/c1-10(2)11-8-14-12(15-9-11)6-7-16-13(3,4)5/h8-10,16H,6-7H2,1-5H3. The molecule has 0 amide bonds. The van der Waals surface area contributed by atoms with E-state index in [1.54, 1.807) is 0 Å². The minimum absolute atomic E-state index is 0.165. The highest BCUT2D eigenvalue weighted by molar-refractivity contribution is 5.09. The van der Waals surface area contributed by atoms with Crippen molar-refractivity contribution >= 4 is 0 Å². The fourth-order valence-corrected chi connectivity index (χ4v) is 1.34. The molecule has 0 saturated carbocycles. The van der Waals surface area contributed by atoms with Gasteiger partial charge in [0, 0.05) is 30.9 Å². The van der Waals surface area contributed by atoms with Gasteiger partial charge in [-0.2, -0.15) is 0 Å².